The number of carbonyl (C=O) groups is 2. The first kappa shape index (κ1) is 29.8. The minimum atomic E-state index is -1.27. The number of esters is 1. The second-order valence-corrected chi connectivity index (χ2v) is 11.9. The van der Waals surface area contributed by atoms with Crippen molar-refractivity contribution < 1.29 is 29.3 Å². The lowest BCUT2D eigenvalue weighted by molar-refractivity contribution is -0.154. The molecule has 206 valence electrons. The van der Waals surface area contributed by atoms with E-state index in [1.807, 2.05) is 26.8 Å². The van der Waals surface area contributed by atoms with Crippen LogP contribution in [-0.4, -0.2) is 57.0 Å². The number of hydrogen-bond acceptors (Lipinski definition) is 7. The van der Waals surface area contributed by atoms with E-state index in [2.05, 4.69) is 4.98 Å². The molecule has 0 radical (unpaired) electrons. The Labute approximate surface area is 225 Å². The first-order valence-electron chi connectivity index (χ1n) is 13.4. The molecular formula is C29H42ClNO6. The molecule has 0 spiro atoms. The molecule has 2 N–H and O–H groups in total. The monoisotopic (exact) mass is 535 g/mol. The fourth-order valence-corrected chi connectivity index (χ4v) is 5.53. The van der Waals surface area contributed by atoms with Gasteiger partial charge in [-0.05, 0) is 50.3 Å². The highest BCUT2D eigenvalue weighted by Crippen LogP contribution is 2.45. The van der Waals surface area contributed by atoms with Gasteiger partial charge >= 0.3 is 5.97 Å². The number of halogens is 1. The van der Waals surface area contributed by atoms with Gasteiger partial charge in [-0.1, -0.05) is 58.2 Å². The van der Waals surface area contributed by atoms with Gasteiger partial charge in [0.25, 0.3) is 0 Å². The Kier molecular flexibility index (Phi) is 9.95. The summed E-state index contributed by atoms with van der Waals surface area (Å²) >= 11 is 6.64. The van der Waals surface area contributed by atoms with Crippen molar-refractivity contribution in [3.8, 4) is 0 Å². The van der Waals surface area contributed by atoms with Crippen molar-refractivity contribution >= 4 is 29.4 Å². The number of aliphatic hydroxyl groups excluding tert-OH is 2. The fourth-order valence-electron chi connectivity index (χ4n) is 5.29. The number of Topliss-reactive ketones (excluding diaryl/α,β-unsaturated/α-hetero) is 1. The van der Waals surface area contributed by atoms with E-state index in [-0.39, 0.29) is 29.8 Å². The third-order valence-electron chi connectivity index (χ3n) is 8.11. The Morgan fingerprint density at radius 2 is 1.97 bits per heavy atom. The van der Waals surface area contributed by atoms with Gasteiger partial charge in [-0.2, -0.15) is 0 Å². The largest absolute Gasteiger partial charge is 0.456 e. The van der Waals surface area contributed by atoms with Gasteiger partial charge < -0.3 is 19.7 Å². The van der Waals surface area contributed by atoms with Crippen LogP contribution in [0.15, 0.2) is 29.4 Å². The second-order valence-electron chi connectivity index (χ2n) is 11.5. The van der Waals surface area contributed by atoms with Crippen molar-refractivity contribution in [2.24, 2.45) is 17.3 Å². The zero-order chi connectivity index (χ0) is 27.4. The van der Waals surface area contributed by atoms with Crippen LogP contribution in [0.25, 0.3) is 6.08 Å². The highest BCUT2D eigenvalue weighted by Gasteiger charge is 2.53. The average Bonchev–Trinajstić information content (AvgIpc) is 3.49. The molecule has 2 aliphatic rings. The van der Waals surface area contributed by atoms with Crippen LogP contribution in [0.4, 0.5) is 0 Å². The quantitative estimate of drug-likeness (QED) is 0.409. The summed E-state index contributed by atoms with van der Waals surface area (Å²) in [6.07, 6.45) is 3.94. The van der Waals surface area contributed by atoms with Crippen LogP contribution in [0.1, 0.15) is 85.3 Å². The Bertz CT molecular complexity index is 966. The highest BCUT2D eigenvalue weighted by atomic mass is 35.5. The number of carbonyl (C=O) groups excluding carboxylic acids is 2. The fraction of sp³-hybridized carbons (Fsp3) is 0.690. The molecule has 2 fully saturated rings. The number of hydrogen-bond donors (Lipinski definition) is 2. The van der Waals surface area contributed by atoms with Gasteiger partial charge in [-0.3, -0.25) is 14.6 Å². The lowest BCUT2D eigenvalue weighted by atomic mass is 9.71. The molecule has 37 heavy (non-hydrogen) atoms. The molecule has 7 nitrogen and oxygen atoms in total. The molecule has 0 aliphatic carbocycles. The molecule has 8 heteroatoms. The zero-order valence-corrected chi connectivity index (χ0v) is 23.4. The Hall–Kier alpha value is -1.80. The van der Waals surface area contributed by atoms with Crippen LogP contribution < -0.4 is 0 Å². The first-order chi connectivity index (χ1) is 17.4. The maximum atomic E-state index is 13.6. The number of fused-ring (bicyclic) bond motifs is 1. The minimum absolute atomic E-state index is 0.0874. The molecule has 3 rings (SSSR count). The van der Waals surface area contributed by atoms with Crippen molar-refractivity contribution in [2.45, 2.75) is 110 Å². The maximum Gasteiger partial charge on any atom is 0.309 e. The number of nitrogens with zero attached hydrogens (tertiary/aromatic N) is 1. The van der Waals surface area contributed by atoms with Crippen molar-refractivity contribution in [1.29, 1.82) is 0 Å². The third-order valence-corrected chi connectivity index (χ3v) is 8.46. The first-order valence-corrected chi connectivity index (χ1v) is 13.8. The molecule has 0 aromatic carbocycles. The van der Waals surface area contributed by atoms with E-state index >= 15 is 0 Å². The van der Waals surface area contributed by atoms with Gasteiger partial charge in [0.1, 0.15) is 11.9 Å². The predicted molar refractivity (Wildman–Crippen MR) is 143 cm³/mol. The van der Waals surface area contributed by atoms with Crippen molar-refractivity contribution in [3.05, 3.63) is 35.1 Å². The molecule has 1 aromatic heterocycles. The Morgan fingerprint density at radius 3 is 2.62 bits per heavy atom. The topological polar surface area (TPSA) is 109 Å². The van der Waals surface area contributed by atoms with Crippen LogP contribution in [0.2, 0.25) is 0 Å². The zero-order valence-electron chi connectivity index (χ0n) is 22.7. The highest BCUT2D eigenvalue weighted by molar-refractivity contribution is 6.32. The van der Waals surface area contributed by atoms with Gasteiger partial charge in [0.05, 0.1) is 46.5 Å². The number of rotatable bonds is 4. The summed E-state index contributed by atoms with van der Waals surface area (Å²) in [5.41, 5.74) is -0.969. The number of ketones is 1. The van der Waals surface area contributed by atoms with E-state index in [0.717, 1.165) is 25.7 Å². The van der Waals surface area contributed by atoms with Crippen LogP contribution in [0.5, 0.6) is 0 Å². The van der Waals surface area contributed by atoms with Crippen molar-refractivity contribution in [3.63, 3.8) is 0 Å². The van der Waals surface area contributed by atoms with Crippen LogP contribution in [0.3, 0.4) is 0 Å². The Morgan fingerprint density at radius 1 is 1.24 bits per heavy atom. The molecule has 0 amide bonds. The molecule has 7 atom stereocenters. The maximum absolute atomic E-state index is 13.6. The van der Waals surface area contributed by atoms with Gasteiger partial charge in [-0.25, -0.2) is 0 Å². The number of cyclic esters (lactones) is 1. The molecule has 0 bridgehead atoms. The lowest BCUT2D eigenvalue weighted by Crippen LogP contribution is -2.46. The molecular weight excluding hydrogens is 494 g/mol. The van der Waals surface area contributed by atoms with E-state index in [4.69, 9.17) is 21.1 Å². The van der Waals surface area contributed by atoms with Crippen LogP contribution in [0, 0.1) is 17.3 Å². The third kappa shape index (κ3) is 7.41. The summed E-state index contributed by atoms with van der Waals surface area (Å²) < 4.78 is 11.8. The predicted octanol–water partition coefficient (Wildman–Crippen LogP) is 5.06. The van der Waals surface area contributed by atoms with Gasteiger partial charge in [-0.15, -0.1) is 0 Å². The molecule has 1 aromatic rings. The van der Waals surface area contributed by atoms with E-state index in [0.29, 0.717) is 23.6 Å². The summed E-state index contributed by atoms with van der Waals surface area (Å²) in [5, 5.41) is 22.4. The van der Waals surface area contributed by atoms with Crippen molar-refractivity contribution in [2.75, 3.05) is 0 Å². The second kappa shape index (κ2) is 12.4. The summed E-state index contributed by atoms with van der Waals surface area (Å²) in [6.45, 7) is 9.23. The standard InChI is InChI=1S/C29H42ClNO6/c1-6-10-20-26(34)18(2)11-9-13-29(5)24(37-29)16-22(21(30)15-19-12-7-8-14-31-19)36-25(33)17-23(32)28(3,4)27(20)35/h7-8,12,14-15,18,20,22-24,26,32,34H,6,9-11,13,16-17H2,1-5H3/b21-15-/t18-,20+,22-,23-,24-,26-,29+/m0/s1. The summed E-state index contributed by atoms with van der Waals surface area (Å²) in [4.78, 5) is 30.8. The average molecular weight is 536 g/mol. The van der Waals surface area contributed by atoms with E-state index in [9.17, 15) is 19.8 Å². The number of epoxide rings is 1. The number of pyridine rings is 1. The number of aliphatic hydroxyl groups is 2. The van der Waals surface area contributed by atoms with E-state index in [1.165, 1.54) is 0 Å². The Balaban J connectivity index is 1.88. The summed E-state index contributed by atoms with van der Waals surface area (Å²) in [6, 6.07) is 5.45. The van der Waals surface area contributed by atoms with Gasteiger partial charge in [0.15, 0.2) is 0 Å². The molecule has 0 saturated carbocycles. The minimum Gasteiger partial charge on any atom is -0.456 e. The normalized spacial score (nSPS) is 35.9. The van der Waals surface area contributed by atoms with E-state index in [1.54, 1.807) is 38.3 Å². The number of aromatic nitrogens is 1. The molecule has 2 aliphatic heterocycles. The molecule has 3 heterocycles. The van der Waals surface area contributed by atoms with Crippen LogP contribution >= 0.6 is 11.6 Å². The SMILES string of the molecule is CCC[C@H]1C(=O)C(C)(C)[C@@H](O)CC(=O)O[C@H](/C(Cl)=C/c2ccccn2)C[C@@H]2O[C@]2(C)CCC[C@H](C)[C@@H]1O. The van der Waals surface area contributed by atoms with E-state index < -0.39 is 35.6 Å². The molecule has 0 unspecified atom stereocenters. The van der Waals surface area contributed by atoms with Crippen molar-refractivity contribution in [1.82, 2.24) is 4.98 Å². The lowest BCUT2D eigenvalue weighted by Gasteiger charge is -2.36. The van der Waals surface area contributed by atoms with Crippen LogP contribution in [-0.2, 0) is 19.1 Å². The molecule has 2 saturated heterocycles. The van der Waals surface area contributed by atoms with Gasteiger partial charge in [0, 0.05) is 18.5 Å². The van der Waals surface area contributed by atoms with Gasteiger partial charge in [0.2, 0.25) is 0 Å². The smallest absolute Gasteiger partial charge is 0.309 e. The number of ether oxygens (including phenoxy) is 2. The summed E-state index contributed by atoms with van der Waals surface area (Å²) in [5.74, 6) is -1.59. The summed E-state index contributed by atoms with van der Waals surface area (Å²) in [7, 11) is 0.